The number of aromatic nitrogens is 1. The Morgan fingerprint density at radius 2 is 2.00 bits per heavy atom. The maximum atomic E-state index is 11.0. The highest BCUT2D eigenvalue weighted by Gasteiger charge is 2.20. The lowest BCUT2D eigenvalue weighted by Gasteiger charge is -2.22. The smallest absolute Gasteiger partial charge is 0.311 e. The molecule has 0 saturated heterocycles. The summed E-state index contributed by atoms with van der Waals surface area (Å²) in [5, 5.41) is 11.0. The first kappa shape index (κ1) is 14.2. The second kappa shape index (κ2) is 6.75. The Hall–Kier alpha value is -1.89. The second-order valence-corrected chi connectivity index (χ2v) is 3.93. The summed E-state index contributed by atoms with van der Waals surface area (Å²) in [6.07, 6.45) is 1.80. The first-order valence-corrected chi connectivity index (χ1v) is 6.01. The van der Waals surface area contributed by atoms with Crippen molar-refractivity contribution < 1.29 is 4.92 Å². The summed E-state index contributed by atoms with van der Waals surface area (Å²) in [7, 11) is 0. The predicted molar refractivity (Wildman–Crippen MR) is 71.5 cm³/mol. The zero-order valence-corrected chi connectivity index (χ0v) is 10.7. The van der Waals surface area contributed by atoms with E-state index >= 15 is 0 Å². The molecule has 7 heteroatoms. The molecule has 18 heavy (non-hydrogen) atoms. The molecule has 0 atom stereocenters. The van der Waals surface area contributed by atoms with Gasteiger partial charge in [0.15, 0.2) is 0 Å². The van der Waals surface area contributed by atoms with Crippen molar-refractivity contribution in [2.45, 2.75) is 26.7 Å². The molecule has 0 radical (unpaired) electrons. The van der Waals surface area contributed by atoms with Crippen LogP contribution in [0.15, 0.2) is 12.1 Å². The van der Waals surface area contributed by atoms with Gasteiger partial charge in [0.25, 0.3) is 0 Å². The lowest BCUT2D eigenvalue weighted by molar-refractivity contribution is -0.384. The molecule has 0 saturated carbocycles. The average molecular weight is 253 g/mol. The Kier molecular flexibility index (Phi) is 5.31. The van der Waals surface area contributed by atoms with E-state index in [1.54, 1.807) is 0 Å². The summed E-state index contributed by atoms with van der Waals surface area (Å²) in [5.74, 6) is 6.09. The highest BCUT2D eigenvalue weighted by atomic mass is 16.6. The summed E-state index contributed by atoms with van der Waals surface area (Å²) in [6.45, 7) is 5.52. The number of nitrogens with one attached hydrogen (secondary N) is 1. The molecule has 1 heterocycles. The van der Waals surface area contributed by atoms with Crippen molar-refractivity contribution in [3.05, 3.63) is 22.2 Å². The van der Waals surface area contributed by atoms with Gasteiger partial charge in [-0.25, -0.2) is 10.8 Å². The molecule has 1 rings (SSSR count). The summed E-state index contributed by atoms with van der Waals surface area (Å²) < 4.78 is 0. The molecule has 0 spiro atoms. The molecule has 0 aliphatic carbocycles. The molecule has 0 amide bonds. The molecule has 7 nitrogen and oxygen atoms in total. The highest BCUT2D eigenvalue weighted by molar-refractivity contribution is 5.61. The quantitative estimate of drug-likeness (QED) is 0.437. The van der Waals surface area contributed by atoms with Crippen LogP contribution in [0.1, 0.15) is 26.7 Å². The maximum absolute atomic E-state index is 11.0. The topological polar surface area (TPSA) is 97.3 Å². The van der Waals surface area contributed by atoms with Gasteiger partial charge in [0.05, 0.1) is 4.92 Å². The SMILES string of the molecule is CCCN(CCC)c1nc(NN)ccc1[N+](=O)[O-]. The number of pyridine rings is 1. The zero-order chi connectivity index (χ0) is 13.5. The lowest BCUT2D eigenvalue weighted by Crippen LogP contribution is -2.27. The van der Waals surface area contributed by atoms with E-state index in [1.165, 1.54) is 12.1 Å². The van der Waals surface area contributed by atoms with Crippen LogP contribution < -0.4 is 16.2 Å². The predicted octanol–water partition coefficient (Wildman–Crippen LogP) is 1.90. The van der Waals surface area contributed by atoms with E-state index in [1.807, 2.05) is 18.7 Å². The van der Waals surface area contributed by atoms with E-state index in [4.69, 9.17) is 5.84 Å². The fraction of sp³-hybridized carbons (Fsp3) is 0.545. The van der Waals surface area contributed by atoms with Gasteiger partial charge in [-0.2, -0.15) is 0 Å². The Labute approximate surface area is 106 Å². The largest absolute Gasteiger partial charge is 0.351 e. The van der Waals surface area contributed by atoms with Crippen LogP contribution in [0.25, 0.3) is 0 Å². The van der Waals surface area contributed by atoms with Gasteiger partial charge < -0.3 is 10.3 Å². The van der Waals surface area contributed by atoms with Crippen LogP contribution in [0.2, 0.25) is 0 Å². The minimum Gasteiger partial charge on any atom is -0.351 e. The van der Waals surface area contributed by atoms with Crippen LogP contribution in [0, 0.1) is 10.1 Å². The van der Waals surface area contributed by atoms with Gasteiger partial charge in [0.1, 0.15) is 5.82 Å². The molecule has 100 valence electrons. The van der Waals surface area contributed by atoms with E-state index in [2.05, 4.69) is 10.4 Å². The normalized spacial score (nSPS) is 10.2. The zero-order valence-electron chi connectivity index (χ0n) is 10.7. The Morgan fingerprint density at radius 3 is 2.44 bits per heavy atom. The molecule has 0 unspecified atom stereocenters. The van der Waals surface area contributed by atoms with Crippen LogP contribution in [-0.2, 0) is 0 Å². The van der Waals surface area contributed by atoms with Gasteiger partial charge in [-0.15, -0.1) is 0 Å². The van der Waals surface area contributed by atoms with Gasteiger partial charge in [-0.1, -0.05) is 13.8 Å². The molecule has 0 aromatic carbocycles. The monoisotopic (exact) mass is 253 g/mol. The minimum atomic E-state index is -0.416. The van der Waals surface area contributed by atoms with E-state index in [0.717, 1.165) is 25.9 Å². The number of nitrogens with two attached hydrogens (primary N) is 1. The van der Waals surface area contributed by atoms with Crippen molar-refractivity contribution in [1.29, 1.82) is 0 Å². The third-order valence-corrected chi connectivity index (χ3v) is 2.49. The average Bonchev–Trinajstić information content (AvgIpc) is 2.37. The summed E-state index contributed by atoms with van der Waals surface area (Å²) >= 11 is 0. The first-order valence-electron chi connectivity index (χ1n) is 6.01. The van der Waals surface area contributed by atoms with Gasteiger partial charge in [0.2, 0.25) is 5.82 Å². The second-order valence-electron chi connectivity index (χ2n) is 3.93. The summed E-state index contributed by atoms with van der Waals surface area (Å²) in [5.41, 5.74) is 2.42. The first-order chi connectivity index (χ1) is 8.63. The molecule has 0 fully saturated rings. The van der Waals surface area contributed by atoms with E-state index < -0.39 is 4.92 Å². The molecule has 3 N–H and O–H groups in total. The van der Waals surface area contributed by atoms with Crippen LogP contribution in [0.3, 0.4) is 0 Å². The van der Waals surface area contributed by atoms with Crippen LogP contribution in [0.4, 0.5) is 17.3 Å². The third kappa shape index (κ3) is 3.30. The number of nitrogen functional groups attached to an aromatic ring is 1. The van der Waals surface area contributed by atoms with Gasteiger partial charge in [-0.05, 0) is 18.9 Å². The van der Waals surface area contributed by atoms with E-state index in [0.29, 0.717) is 11.6 Å². The highest BCUT2D eigenvalue weighted by Crippen LogP contribution is 2.27. The molecule has 1 aromatic heterocycles. The number of hydrogen-bond acceptors (Lipinski definition) is 6. The summed E-state index contributed by atoms with van der Waals surface area (Å²) in [6, 6.07) is 2.92. The van der Waals surface area contributed by atoms with Gasteiger partial charge in [-0.3, -0.25) is 10.1 Å². The fourth-order valence-electron chi connectivity index (χ4n) is 1.76. The number of anilines is 2. The maximum Gasteiger partial charge on any atom is 0.311 e. The fourth-order valence-corrected chi connectivity index (χ4v) is 1.76. The minimum absolute atomic E-state index is 0.0101. The van der Waals surface area contributed by atoms with Crippen molar-refractivity contribution in [2.75, 3.05) is 23.4 Å². The van der Waals surface area contributed by atoms with Crippen molar-refractivity contribution in [2.24, 2.45) is 5.84 Å². The molecule has 0 bridgehead atoms. The lowest BCUT2D eigenvalue weighted by atomic mass is 10.3. The van der Waals surface area contributed by atoms with E-state index in [9.17, 15) is 10.1 Å². The van der Waals surface area contributed by atoms with Crippen molar-refractivity contribution in [1.82, 2.24) is 4.98 Å². The van der Waals surface area contributed by atoms with Gasteiger partial charge >= 0.3 is 5.69 Å². The Bertz CT molecular complexity index is 404. The van der Waals surface area contributed by atoms with Crippen LogP contribution in [-0.4, -0.2) is 23.0 Å². The summed E-state index contributed by atoms with van der Waals surface area (Å²) in [4.78, 5) is 16.7. The molecular formula is C11H19N5O2. The van der Waals surface area contributed by atoms with Gasteiger partial charge in [0, 0.05) is 19.2 Å². The molecule has 0 aliphatic rings. The third-order valence-electron chi connectivity index (χ3n) is 2.49. The number of rotatable bonds is 7. The van der Waals surface area contributed by atoms with Crippen molar-refractivity contribution in [3.8, 4) is 0 Å². The number of nitro groups is 1. The molecule has 1 aromatic rings. The Morgan fingerprint density at radius 1 is 1.39 bits per heavy atom. The number of hydrogen-bond donors (Lipinski definition) is 2. The Balaban J connectivity index is 3.18. The van der Waals surface area contributed by atoms with Crippen molar-refractivity contribution >= 4 is 17.3 Å². The van der Waals surface area contributed by atoms with Crippen LogP contribution in [0.5, 0.6) is 0 Å². The molecule has 0 aliphatic heterocycles. The molecular weight excluding hydrogens is 234 g/mol. The van der Waals surface area contributed by atoms with Crippen LogP contribution >= 0.6 is 0 Å². The number of hydrazine groups is 1. The number of nitrogens with zero attached hydrogens (tertiary/aromatic N) is 3. The van der Waals surface area contributed by atoms with Crippen molar-refractivity contribution in [3.63, 3.8) is 0 Å². The standard InChI is InChI=1S/C11H19N5O2/c1-3-7-15(8-4-2)11-9(16(17)18)5-6-10(13-11)14-12/h5-6H,3-4,7-8,12H2,1-2H3,(H,13,14). The van der Waals surface area contributed by atoms with E-state index in [-0.39, 0.29) is 5.69 Å².